The van der Waals surface area contributed by atoms with Crippen LogP contribution in [0.1, 0.15) is 27.2 Å². The quantitative estimate of drug-likeness (QED) is 0.310. The molecule has 6 heteroatoms. The van der Waals surface area contributed by atoms with E-state index in [2.05, 4.69) is 22.1 Å². The largest absolute Gasteiger partial charge is 0.365 e. The maximum atomic E-state index is 11.3. The van der Waals surface area contributed by atoms with E-state index in [1.165, 1.54) is 0 Å². The van der Waals surface area contributed by atoms with Crippen LogP contribution in [-0.2, 0) is 14.6 Å². The minimum absolute atomic E-state index is 0.387. The molecule has 92 valence electrons. The van der Waals surface area contributed by atoms with Gasteiger partial charge < -0.3 is 10.6 Å². The Kier molecular flexibility index (Phi) is 6.17. The van der Waals surface area contributed by atoms with E-state index in [9.17, 15) is 9.59 Å². The van der Waals surface area contributed by atoms with Gasteiger partial charge in [-0.1, -0.05) is 13.5 Å². The Labute approximate surface area is 94.9 Å². The molecule has 2 amide bonds. The molecule has 0 fully saturated rings. The van der Waals surface area contributed by atoms with E-state index in [1.807, 2.05) is 0 Å². The van der Waals surface area contributed by atoms with E-state index in [1.54, 1.807) is 20.8 Å². The summed E-state index contributed by atoms with van der Waals surface area (Å²) in [5, 5.41) is 5.09. The number of hydrogen-bond donors (Lipinski definition) is 2. The molecule has 0 aromatic carbocycles. The molecule has 0 saturated heterocycles. The molecule has 0 aromatic rings. The van der Waals surface area contributed by atoms with Crippen LogP contribution in [0.5, 0.6) is 0 Å². The normalized spacial score (nSPS) is 13.4. The summed E-state index contributed by atoms with van der Waals surface area (Å²) in [6.07, 6.45) is 1.41. The van der Waals surface area contributed by atoms with Gasteiger partial charge in [0.05, 0.1) is 0 Å². The third-order valence-electron chi connectivity index (χ3n) is 1.86. The van der Waals surface area contributed by atoms with Gasteiger partial charge in [0, 0.05) is 12.6 Å². The molecule has 0 aliphatic carbocycles. The molecule has 2 N–H and O–H groups in total. The average molecular weight is 230 g/mol. The number of carbonyl (C=O) groups is 2. The van der Waals surface area contributed by atoms with Crippen LogP contribution in [0.2, 0.25) is 0 Å². The molecule has 0 rings (SSSR count). The molecule has 0 radical (unpaired) electrons. The van der Waals surface area contributed by atoms with Crippen molar-refractivity contribution in [2.75, 3.05) is 6.54 Å². The van der Waals surface area contributed by atoms with Crippen molar-refractivity contribution >= 4 is 12.0 Å². The van der Waals surface area contributed by atoms with Gasteiger partial charge >= 0.3 is 12.0 Å². The summed E-state index contributed by atoms with van der Waals surface area (Å²) in [6, 6.07) is -0.387. The van der Waals surface area contributed by atoms with Crippen molar-refractivity contribution in [3.63, 3.8) is 0 Å². The highest BCUT2D eigenvalue weighted by Crippen LogP contribution is 2.11. The van der Waals surface area contributed by atoms with Gasteiger partial charge in [-0.25, -0.2) is 9.59 Å². The van der Waals surface area contributed by atoms with Crippen molar-refractivity contribution in [3.8, 4) is 0 Å². The second-order valence-corrected chi connectivity index (χ2v) is 3.26. The van der Waals surface area contributed by atoms with Gasteiger partial charge in [-0.15, -0.1) is 0 Å². The van der Waals surface area contributed by atoms with Crippen molar-refractivity contribution < 1.29 is 19.4 Å². The van der Waals surface area contributed by atoms with E-state index >= 15 is 0 Å². The van der Waals surface area contributed by atoms with Crippen molar-refractivity contribution in [1.29, 1.82) is 0 Å². The third-order valence-corrected chi connectivity index (χ3v) is 1.86. The topological polar surface area (TPSA) is 76.7 Å². The van der Waals surface area contributed by atoms with Crippen LogP contribution in [0.25, 0.3) is 0 Å². The Morgan fingerprint density at radius 3 is 2.50 bits per heavy atom. The van der Waals surface area contributed by atoms with Crippen molar-refractivity contribution in [3.05, 3.63) is 12.7 Å². The fourth-order valence-corrected chi connectivity index (χ4v) is 0.780. The molecule has 16 heavy (non-hydrogen) atoms. The lowest BCUT2D eigenvalue weighted by molar-refractivity contribution is -0.331. The van der Waals surface area contributed by atoms with Crippen LogP contribution in [0.15, 0.2) is 12.7 Å². The Balaban J connectivity index is 4.24. The van der Waals surface area contributed by atoms with Crippen LogP contribution < -0.4 is 10.6 Å². The Morgan fingerprint density at radius 1 is 1.44 bits per heavy atom. The third kappa shape index (κ3) is 5.35. The number of rotatable bonds is 6. The van der Waals surface area contributed by atoms with Crippen molar-refractivity contribution in [2.24, 2.45) is 0 Å². The monoisotopic (exact) mass is 230 g/mol. The van der Waals surface area contributed by atoms with Crippen LogP contribution in [0.3, 0.4) is 0 Å². The zero-order valence-corrected chi connectivity index (χ0v) is 9.83. The summed E-state index contributed by atoms with van der Waals surface area (Å²) in [7, 11) is 0. The van der Waals surface area contributed by atoms with E-state index in [0.717, 1.165) is 6.08 Å². The van der Waals surface area contributed by atoms with Gasteiger partial charge in [0.25, 0.3) is 0 Å². The lowest BCUT2D eigenvalue weighted by atomic mass is 10.2. The number of carbonyl (C=O) groups excluding carboxylic acids is 2. The molecule has 1 unspecified atom stereocenters. The maximum Gasteiger partial charge on any atom is 0.365 e. The lowest BCUT2D eigenvalue weighted by Crippen LogP contribution is -2.51. The summed E-state index contributed by atoms with van der Waals surface area (Å²) < 4.78 is 0. The Morgan fingerprint density at radius 2 is 2.06 bits per heavy atom. The maximum absolute atomic E-state index is 11.3. The smallest absolute Gasteiger partial charge is 0.338 e. The fraction of sp³-hybridized carbons (Fsp3) is 0.600. The standard InChI is InChI=1S/C10H18N2O4/c1-5-8(13)15-16-10(4,6-2)12-9(14)11-7-3/h5H,1,6-7H2,2-4H3,(H2,11,12,14). The molecular formula is C10H18N2O4. The molecule has 0 bridgehead atoms. The lowest BCUT2D eigenvalue weighted by Gasteiger charge is -2.26. The molecule has 0 heterocycles. The number of hydrogen-bond acceptors (Lipinski definition) is 4. The van der Waals surface area contributed by atoms with Gasteiger partial charge in [0.1, 0.15) is 0 Å². The second-order valence-electron chi connectivity index (χ2n) is 3.26. The van der Waals surface area contributed by atoms with E-state index in [-0.39, 0.29) is 6.03 Å². The summed E-state index contributed by atoms with van der Waals surface area (Å²) in [5.41, 5.74) is -1.06. The van der Waals surface area contributed by atoms with E-state index in [4.69, 9.17) is 4.89 Å². The summed E-state index contributed by atoms with van der Waals surface area (Å²) >= 11 is 0. The molecule has 6 nitrogen and oxygen atoms in total. The van der Waals surface area contributed by atoms with Gasteiger partial charge in [0.2, 0.25) is 0 Å². The van der Waals surface area contributed by atoms with Gasteiger partial charge in [0.15, 0.2) is 5.72 Å². The minimum atomic E-state index is -1.06. The first-order chi connectivity index (χ1) is 7.47. The van der Waals surface area contributed by atoms with Gasteiger partial charge in [-0.3, -0.25) is 4.89 Å². The Bertz CT molecular complexity index is 268. The van der Waals surface area contributed by atoms with Crippen molar-refractivity contribution in [1.82, 2.24) is 10.6 Å². The predicted molar refractivity (Wildman–Crippen MR) is 58.3 cm³/mol. The second kappa shape index (κ2) is 6.84. The van der Waals surface area contributed by atoms with Crippen LogP contribution in [0.4, 0.5) is 4.79 Å². The highest BCUT2D eigenvalue weighted by Gasteiger charge is 2.27. The molecule has 0 aliphatic heterocycles. The molecular weight excluding hydrogens is 212 g/mol. The highest BCUT2D eigenvalue weighted by atomic mass is 17.2. The summed E-state index contributed by atoms with van der Waals surface area (Å²) in [5.74, 6) is -0.711. The highest BCUT2D eigenvalue weighted by molar-refractivity contribution is 5.80. The molecule has 0 spiro atoms. The predicted octanol–water partition coefficient (Wildman–Crippen LogP) is 1.09. The minimum Gasteiger partial charge on any atom is -0.338 e. The van der Waals surface area contributed by atoms with Crippen molar-refractivity contribution in [2.45, 2.75) is 32.9 Å². The molecule has 0 aromatic heterocycles. The number of urea groups is 1. The van der Waals surface area contributed by atoms with Crippen LogP contribution in [0, 0.1) is 0 Å². The van der Waals surface area contributed by atoms with Gasteiger partial charge in [-0.05, 0) is 20.3 Å². The molecule has 0 saturated carbocycles. The van der Waals surface area contributed by atoms with Crippen LogP contribution in [-0.4, -0.2) is 24.3 Å². The zero-order chi connectivity index (χ0) is 12.6. The number of amides is 2. The first-order valence-corrected chi connectivity index (χ1v) is 5.05. The van der Waals surface area contributed by atoms with E-state index < -0.39 is 11.7 Å². The summed E-state index contributed by atoms with van der Waals surface area (Å²) in [6.45, 7) is 8.90. The average Bonchev–Trinajstić information content (AvgIpc) is 2.26. The SMILES string of the molecule is C=CC(=O)OOC(C)(CC)NC(=O)NCC. The zero-order valence-electron chi connectivity index (χ0n) is 9.83. The number of nitrogens with one attached hydrogen (secondary N) is 2. The fourth-order valence-electron chi connectivity index (χ4n) is 0.780. The molecule has 0 aliphatic rings. The van der Waals surface area contributed by atoms with Gasteiger partial charge in [-0.2, -0.15) is 4.89 Å². The Hall–Kier alpha value is -1.56. The first-order valence-electron chi connectivity index (χ1n) is 5.05. The molecule has 1 atom stereocenters. The first kappa shape index (κ1) is 14.4. The van der Waals surface area contributed by atoms with Crippen LogP contribution >= 0.6 is 0 Å². The summed E-state index contributed by atoms with van der Waals surface area (Å²) in [4.78, 5) is 31.3. The van der Waals surface area contributed by atoms with E-state index in [0.29, 0.717) is 13.0 Å².